The van der Waals surface area contributed by atoms with E-state index < -0.39 is 0 Å². The third kappa shape index (κ3) is 6.96. The molecule has 13 rings (SSSR count). The van der Waals surface area contributed by atoms with Gasteiger partial charge in [0, 0.05) is 39.3 Å². The van der Waals surface area contributed by atoms with Crippen molar-refractivity contribution in [2.75, 3.05) is 9.80 Å². The van der Waals surface area contributed by atoms with Crippen LogP contribution in [-0.4, -0.2) is 11.7 Å². The van der Waals surface area contributed by atoms with Gasteiger partial charge in [-0.15, -0.1) is 0 Å². The highest BCUT2D eigenvalue weighted by atomic mass is 15.2. The lowest BCUT2D eigenvalue weighted by atomic mass is 9.33. The van der Waals surface area contributed by atoms with Crippen molar-refractivity contribution in [1.29, 1.82) is 0 Å². The van der Waals surface area contributed by atoms with Crippen LogP contribution in [0, 0.1) is 0 Å². The first-order valence-electron chi connectivity index (χ1n) is 23.7. The number of rotatable bonds is 8. The van der Waals surface area contributed by atoms with Crippen LogP contribution in [0.4, 0.5) is 34.1 Å². The van der Waals surface area contributed by atoms with Gasteiger partial charge in [0.2, 0.25) is 0 Å². The maximum Gasteiger partial charge on any atom is 0.252 e. The second-order valence-electron chi connectivity index (χ2n) is 17.8. The van der Waals surface area contributed by atoms with Crippen LogP contribution in [0.25, 0.3) is 67.0 Å². The smallest absolute Gasteiger partial charge is 0.252 e. The summed E-state index contributed by atoms with van der Waals surface area (Å²) in [6, 6.07) is 97.0. The van der Waals surface area contributed by atoms with Crippen LogP contribution in [-0.2, 0) is 0 Å². The third-order valence-corrected chi connectivity index (χ3v) is 13.9. The maximum absolute atomic E-state index is 5.48. The van der Waals surface area contributed by atoms with E-state index in [-0.39, 0.29) is 6.71 Å². The molecule has 0 fully saturated rings. The zero-order valence-electron chi connectivity index (χ0n) is 37.8. The van der Waals surface area contributed by atoms with Crippen LogP contribution in [0.2, 0.25) is 0 Å². The van der Waals surface area contributed by atoms with Gasteiger partial charge in [-0.05, 0) is 92.2 Å². The molecule has 3 nitrogen and oxygen atoms in total. The molecule has 0 aliphatic carbocycles. The lowest BCUT2D eigenvalue weighted by Crippen LogP contribution is -2.61. The highest BCUT2D eigenvalue weighted by Gasteiger charge is 2.45. The Hall–Kier alpha value is -8.99. The molecular weight excluding hydrogens is 834 g/mol. The highest BCUT2D eigenvalue weighted by Crippen LogP contribution is 2.51. The molecule has 0 bridgehead atoms. The Balaban J connectivity index is 1.17. The zero-order chi connectivity index (χ0) is 45.7. The third-order valence-electron chi connectivity index (χ3n) is 13.9. The lowest BCUT2D eigenvalue weighted by molar-refractivity contribution is 1.25. The van der Waals surface area contributed by atoms with Crippen molar-refractivity contribution in [3.63, 3.8) is 0 Å². The Bertz CT molecular complexity index is 3670. The first-order valence-corrected chi connectivity index (χ1v) is 23.7. The molecule has 0 unspecified atom stereocenters. The van der Waals surface area contributed by atoms with E-state index >= 15 is 0 Å². The van der Waals surface area contributed by atoms with Crippen molar-refractivity contribution in [2.24, 2.45) is 0 Å². The SMILES string of the molecule is c1ccc(-c2ccc3c(c2)N(c2ccccc2-c2ccccc2)c2cc(-c4ccccc4)cc4c2B3c2cccc(-c3cccc(-c5ccccc5)n3)c2N4c2ccccc2-c2ccccc2)cc1. The van der Waals surface area contributed by atoms with Gasteiger partial charge in [-0.25, -0.2) is 4.98 Å². The number of anilines is 6. The van der Waals surface area contributed by atoms with E-state index in [2.05, 4.69) is 277 Å². The predicted molar refractivity (Wildman–Crippen MR) is 291 cm³/mol. The molecule has 0 saturated carbocycles. The van der Waals surface area contributed by atoms with Gasteiger partial charge in [-0.3, -0.25) is 0 Å². The van der Waals surface area contributed by atoms with Crippen molar-refractivity contribution in [1.82, 2.24) is 4.98 Å². The van der Waals surface area contributed by atoms with Gasteiger partial charge in [0.15, 0.2) is 0 Å². The number of hydrogen-bond donors (Lipinski definition) is 0. The summed E-state index contributed by atoms with van der Waals surface area (Å²) in [7, 11) is 0. The van der Waals surface area contributed by atoms with Crippen LogP contribution < -0.4 is 26.2 Å². The minimum absolute atomic E-state index is 0.118. The standard InChI is InChI=1S/C65H44BN3/c1-6-22-45(23-7-1)50-40-41-55-61(42-50)68(59-38-18-16-32-52(59)47-26-10-3-11-27-47)62-43-51(46-24-8-2-9-25-46)44-63-64(62)66(55)56-35-20-34-54(58-37-21-36-57(67-58)49-30-14-5-15-31-49)65(56)69(63)60-39-19-17-33-53(60)48-28-12-4-13-29-48/h1-44H. The second-order valence-corrected chi connectivity index (χ2v) is 17.8. The molecule has 0 radical (unpaired) electrons. The van der Waals surface area contributed by atoms with Crippen LogP contribution in [0.5, 0.6) is 0 Å². The van der Waals surface area contributed by atoms with Crippen LogP contribution >= 0.6 is 0 Å². The summed E-state index contributed by atoms with van der Waals surface area (Å²) in [5.74, 6) is 0. The summed E-state index contributed by atoms with van der Waals surface area (Å²) < 4.78 is 0. The van der Waals surface area contributed by atoms with Crippen molar-refractivity contribution in [2.45, 2.75) is 0 Å². The van der Waals surface area contributed by atoms with Gasteiger partial charge in [0.05, 0.1) is 28.5 Å². The largest absolute Gasteiger partial charge is 0.311 e. The Kier molecular flexibility index (Phi) is 9.94. The first kappa shape index (κ1) is 40.3. The summed E-state index contributed by atoms with van der Waals surface area (Å²) in [4.78, 5) is 10.6. The molecule has 69 heavy (non-hydrogen) atoms. The Morgan fingerprint density at radius 3 is 1.32 bits per heavy atom. The molecule has 4 heteroatoms. The highest BCUT2D eigenvalue weighted by molar-refractivity contribution is 7.00. The van der Waals surface area contributed by atoms with Gasteiger partial charge in [0.25, 0.3) is 6.71 Å². The number of nitrogens with zero attached hydrogens (tertiary/aromatic N) is 3. The second kappa shape index (κ2) is 17.0. The number of benzene rings is 10. The molecule has 2 aliphatic heterocycles. The van der Waals surface area contributed by atoms with Gasteiger partial charge < -0.3 is 9.80 Å². The lowest BCUT2D eigenvalue weighted by Gasteiger charge is -2.45. The molecule has 0 atom stereocenters. The number of pyridine rings is 1. The fourth-order valence-electron chi connectivity index (χ4n) is 10.8. The number of hydrogen-bond acceptors (Lipinski definition) is 3. The molecule has 0 N–H and O–H groups in total. The van der Waals surface area contributed by atoms with Crippen LogP contribution in [0.1, 0.15) is 0 Å². The minimum Gasteiger partial charge on any atom is -0.311 e. The minimum atomic E-state index is -0.118. The van der Waals surface area contributed by atoms with Crippen molar-refractivity contribution in [3.8, 4) is 67.0 Å². The van der Waals surface area contributed by atoms with E-state index in [0.717, 1.165) is 78.9 Å². The number of aromatic nitrogens is 1. The first-order chi connectivity index (χ1) is 34.3. The van der Waals surface area contributed by atoms with Crippen molar-refractivity contribution < 1.29 is 0 Å². The summed E-state index contributed by atoms with van der Waals surface area (Å²) in [5.41, 5.74) is 23.9. The molecule has 11 aromatic rings. The Morgan fingerprint density at radius 1 is 0.261 bits per heavy atom. The van der Waals surface area contributed by atoms with Crippen molar-refractivity contribution >= 4 is 57.2 Å². The molecule has 0 amide bonds. The molecule has 3 heterocycles. The molecule has 322 valence electrons. The van der Waals surface area contributed by atoms with E-state index in [9.17, 15) is 0 Å². The number of para-hydroxylation sites is 3. The van der Waals surface area contributed by atoms with Gasteiger partial charge in [-0.1, -0.05) is 224 Å². The molecule has 2 aliphatic rings. The Morgan fingerprint density at radius 2 is 0.710 bits per heavy atom. The fraction of sp³-hybridized carbons (Fsp3) is 0. The molecule has 10 aromatic carbocycles. The van der Waals surface area contributed by atoms with Gasteiger partial charge >= 0.3 is 0 Å². The molecule has 0 spiro atoms. The monoisotopic (exact) mass is 877 g/mol. The summed E-state index contributed by atoms with van der Waals surface area (Å²) in [5, 5.41) is 0. The molecule has 0 saturated heterocycles. The maximum atomic E-state index is 5.48. The van der Waals surface area contributed by atoms with Crippen molar-refractivity contribution in [3.05, 3.63) is 267 Å². The van der Waals surface area contributed by atoms with E-state index in [4.69, 9.17) is 4.98 Å². The number of fused-ring (bicyclic) bond motifs is 4. The van der Waals surface area contributed by atoms with E-state index in [0.29, 0.717) is 0 Å². The molecular formula is C65H44BN3. The van der Waals surface area contributed by atoms with E-state index in [1.165, 1.54) is 38.6 Å². The Labute approximate surface area is 404 Å². The average Bonchev–Trinajstić information content (AvgIpc) is 3.44. The summed E-state index contributed by atoms with van der Waals surface area (Å²) in [6.07, 6.45) is 0. The fourth-order valence-corrected chi connectivity index (χ4v) is 10.8. The van der Waals surface area contributed by atoms with E-state index in [1.807, 2.05) is 0 Å². The summed E-state index contributed by atoms with van der Waals surface area (Å²) in [6.45, 7) is -0.118. The predicted octanol–water partition coefficient (Wildman–Crippen LogP) is 15.2. The molecule has 1 aromatic heterocycles. The van der Waals surface area contributed by atoms with Gasteiger partial charge in [-0.2, -0.15) is 0 Å². The normalized spacial score (nSPS) is 12.3. The quantitative estimate of drug-likeness (QED) is 0.142. The zero-order valence-corrected chi connectivity index (χ0v) is 37.8. The van der Waals surface area contributed by atoms with Crippen LogP contribution in [0.15, 0.2) is 267 Å². The summed E-state index contributed by atoms with van der Waals surface area (Å²) >= 11 is 0. The topological polar surface area (TPSA) is 19.4 Å². The van der Waals surface area contributed by atoms with Crippen LogP contribution in [0.3, 0.4) is 0 Å². The van der Waals surface area contributed by atoms with Gasteiger partial charge in [0.1, 0.15) is 0 Å². The van der Waals surface area contributed by atoms with E-state index in [1.54, 1.807) is 0 Å². The average molecular weight is 878 g/mol.